The van der Waals surface area contributed by atoms with Crippen molar-refractivity contribution >= 4 is 8.32 Å². The van der Waals surface area contributed by atoms with Crippen molar-refractivity contribution in [3.05, 3.63) is 11.6 Å². The fraction of sp³-hybridized carbons (Fsp3) is 0.923. The van der Waals surface area contributed by atoms with Crippen molar-refractivity contribution < 1.29 is 24.1 Å². The van der Waals surface area contributed by atoms with Gasteiger partial charge in [-0.3, -0.25) is 0 Å². The second kappa shape index (κ2) is 8.16. The van der Waals surface area contributed by atoms with Gasteiger partial charge < -0.3 is 24.1 Å². The van der Waals surface area contributed by atoms with Crippen LogP contribution >= 0.6 is 0 Å². The van der Waals surface area contributed by atoms with Crippen LogP contribution in [0.2, 0.25) is 18.1 Å². The molecule has 2 saturated heterocycles. The van der Waals surface area contributed by atoms with Gasteiger partial charge in [0.05, 0.1) is 18.3 Å². The fourth-order valence-electron chi connectivity index (χ4n) is 7.49. The maximum atomic E-state index is 12.1. The molecule has 3 heterocycles. The second-order valence-electron chi connectivity index (χ2n) is 11.7. The third-order valence-corrected chi connectivity index (χ3v) is 15.1. The number of allylic oxidation sites excluding steroid dienone is 2. The Balaban J connectivity index is 1.85. The third-order valence-electron chi connectivity index (χ3n) is 10.4. The molecular weight excluding hydrogens is 420 g/mol. The molecule has 184 valence electrons. The topological polar surface area (TPSA) is 71.5 Å². The van der Waals surface area contributed by atoms with E-state index in [1.54, 1.807) is 0 Å². The zero-order valence-electron chi connectivity index (χ0n) is 21.4. The molecule has 0 amide bonds. The van der Waals surface area contributed by atoms with Crippen molar-refractivity contribution in [2.24, 2.45) is 11.3 Å². The van der Waals surface area contributed by atoms with Crippen molar-refractivity contribution in [3.63, 3.8) is 0 Å². The molecule has 0 radical (unpaired) electrons. The first-order chi connectivity index (χ1) is 15.0. The summed E-state index contributed by atoms with van der Waals surface area (Å²) in [5, 5.41) is 22.9. The number of hydrogen-bond donors (Lipinski definition) is 2. The minimum Gasteiger partial charge on any atom is -0.408 e. The van der Waals surface area contributed by atoms with Gasteiger partial charge in [0.1, 0.15) is 17.8 Å². The largest absolute Gasteiger partial charge is 0.408 e. The number of epoxide rings is 1. The molecule has 0 unspecified atom stereocenters. The van der Waals surface area contributed by atoms with Crippen LogP contribution < -0.4 is 0 Å². The van der Waals surface area contributed by atoms with E-state index < -0.39 is 37.3 Å². The molecule has 0 aromatic rings. The molecule has 0 aromatic heterocycles. The van der Waals surface area contributed by atoms with Gasteiger partial charge in [-0.2, -0.15) is 0 Å². The maximum Gasteiger partial charge on any atom is 0.192 e. The van der Waals surface area contributed by atoms with Gasteiger partial charge in [-0.05, 0) is 70.0 Å². The molecule has 5 rings (SSSR count). The van der Waals surface area contributed by atoms with Crippen LogP contribution in [-0.4, -0.2) is 60.3 Å². The zero-order valence-corrected chi connectivity index (χ0v) is 22.4. The molecule has 8 atom stereocenters. The molecule has 6 heteroatoms. The number of fused-ring (bicyclic) bond motifs is 6. The molecule has 2 aliphatic carbocycles. The van der Waals surface area contributed by atoms with E-state index in [1.807, 2.05) is 0 Å². The van der Waals surface area contributed by atoms with E-state index in [0.29, 0.717) is 5.92 Å². The van der Waals surface area contributed by atoms with Gasteiger partial charge >= 0.3 is 0 Å². The highest BCUT2D eigenvalue weighted by Gasteiger charge is 2.88. The lowest BCUT2D eigenvalue weighted by Gasteiger charge is -2.58. The van der Waals surface area contributed by atoms with E-state index in [9.17, 15) is 10.2 Å². The molecule has 0 aromatic carbocycles. The molecule has 32 heavy (non-hydrogen) atoms. The van der Waals surface area contributed by atoms with Crippen molar-refractivity contribution in [2.75, 3.05) is 6.61 Å². The van der Waals surface area contributed by atoms with Crippen molar-refractivity contribution in [2.45, 2.75) is 134 Å². The summed E-state index contributed by atoms with van der Waals surface area (Å²) in [5.74, 6) is 0.326. The van der Waals surface area contributed by atoms with Gasteiger partial charge in [-0.1, -0.05) is 46.3 Å². The Bertz CT molecular complexity index is 744. The minimum absolute atomic E-state index is 0.0884. The van der Waals surface area contributed by atoms with Crippen LogP contribution in [0.3, 0.4) is 0 Å². The first kappa shape index (κ1) is 24.9. The van der Waals surface area contributed by atoms with Gasteiger partial charge in [0.15, 0.2) is 13.9 Å². The predicted molar refractivity (Wildman–Crippen MR) is 129 cm³/mol. The summed E-state index contributed by atoms with van der Waals surface area (Å²) in [6, 6.07) is 3.07. The van der Waals surface area contributed by atoms with Crippen molar-refractivity contribution in [1.82, 2.24) is 0 Å². The number of aliphatic hydroxyl groups is 2. The number of hydrogen-bond acceptors (Lipinski definition) is 5. The van der Waals surface area contributed by atoms with E-state index in [-0.39, 0.29) is 18.1 Å². The second-order valence-corrected chi connectivity index (χ2v) is 16.4. The minimum atomic E-state index is -2.01. The highest BCUT2D eigenvalue weighted by atomic mass is 28.4. The highest BCUT2D eigenvalue weighted by molar-refractivity contribution is 6.73. The SMILES string of the molecule is CC[Si](CC)(CC)O[C@@H]1[C@H](O)[C@@]23O[C@]2(CO)[C@@]2(C)CC/C(C)=C/CC[C@]1(C)O[C@@H]3C[C@H]2C. The lowest BCUT2D eigenvalue weighted by atomic mass is 9.52. The Hall–Kier alpha value is -0.243. The van der Waals surface area contributed by atoms with Crippen molar-refractivity contribution in [1.29, 1.82) is 0 Å². The van der Waals surface area contributed by atoms with Crippen LogP contribution in [-0.2, 0) is 13.9 Å². The number of rotatable bonds is 6. The van der Waals surface area contributed by atoms with E-state index in [2.05, 4.69) is 54.5 Å². The Kier molecular flexibility index (Phi) is 6.34. The van der Waals surface area contributed by atoms with E-state index >= 15 is 0 Å². The smallest absolute Gasteiger partial charge is 0.192 e. The molecule has 1 spiro atoms. The van der Waals surface area contributed by atoms with E-state index in [4.69, 9.17) is 13.9 Å². The molecule has 5 nitrogen and oxygen atoms in total. The van der Waals surface area contributed by atoms with Crippen LogP contribution in [0.4, 0.5) is 0 Å². The summed E-state index contributed by atoms with van der Waals surface area (Å²) in [6.07, 6.45) is 5.41. The Morgan fingerprint density at radius 2 is 1.81 bits per heavy atom. The van der Waals surface area contributed by atoms with Crippen LogP contribution in [0.25, 0.3) is 0 Å². The summed E-state index contributed by atoms with van der Waals surface area (Å²) in [4.78, 5) is 0. The molecular formula is C26H46O5Si. The lowest BCUT2D eigenvalue weighted by molar-refractivity contribution is -0.261. The third kappa shape index (κ3) is 3.12. The Morgan fingerprint density at radius 1 is 1.16 bits per heavy atom. The first-order valence-corrected chi connectivity index (χ1v) is 15.6. The standard InChI is InChI=1S/C26H46O5Si/c1-8-32(9-2,10-3)30-22-21(28)26-20-16-19(5)23(6,25(26,17-27)31-26)15-13-18(4)12-11-14-24(22,7)29-20/h12,19-22,27-28H,8-11,13-17H2,1-7H3/b18-12+/t19-,20-,21+,22-,23+,24+,25-,26-/m1/s1. The lowest BCUT2D eigenvalue weighted by Crippen LogP contribution is -2.73. The summed E-state index contributed by atoms with van der Waals surface area (Å²) in [7, 11) is -2.01. The quantitative estimate of drug-likeness (QED) is 0.329. The number of aliphatic hydroxyl groups excluding tert-OH is 2. The van der Waals surface area contributed by atoms with Gasteiger partial charge in [-0.15, -0.1) is 0 Å². The summed E-state index contributed by atoms with van der Waals surface area (Å²) in [6.45, 7) is 15.5. The molecule has 2 N–H and O–H groups in total. The van der Waals surface area contributed by atoms with Gasteiger partial charge in [0, 0.05) is 5.41 Å². The van der Waals surface area contributed by atoms with Gasteiger partial charge in [-0.25, -0.2) is 0 Å². The average molecular weight is 467 g/mol. The zero-order chi connectivity index (χ0) is 23.6. The Labute approximate surface area is 196 Å². The van der Waals surface area contributed by atoms with Crippen LogP contribution in [0.1, 0.15) is 80.6 Å². The van der Waals surface area contributed by atoms with Crippen LogP contribution in [0.15, 0.2) is 11.6 Å². The van der Waals surface area contributed by atoms with Crippen LogP contribution in [0, 0.1) is 11.3 Å². The summed E-state index contributed by atoms with van der Waals surface area (Å²) < 4.78 is 20.6. The summed E-state index contributed by atoms with van der Waals surface area (Å²) >= 11 is 0. The molecule has 5 aliphatic rings. The predicted octanol–water partition coefficient (Wildman–Crippen LogP) is 4.96. The van der Waals surface area contributed by atoms with Crippen molar-refractivity contribution in [3.8, 4) is 0 Å². The van der Waals surface area contributed by atoms with Gasteiger partial charge in [0.2, 0.25) is 0 Å². The molecule has 3 fully saturated rings. The monoisotopic (exact) mass is 466 g/mol. The van der Waals surface area contributed by atoms with Crippen LogP contribution in [0.5, 0.6) is 0 Å². The average Bonchev–Trinajstić information content (AvgIpc) is 3.48. The molecule has 4 bridgehead atoms. The van der Waals surface area contributed by atoms with E-state index in [0.717, 1.165) is 50.2 Å². The number of ether oxygens (including phenoxy) is 2. The van der Waals surface area contributed by atoms with Gasteiger partial charge in [0.25, 0.3) is 0 Å². The normalized spacial score (nSPS) is 50.2. The fourth-order valence-corrected chi connectivity index (χ4v) is 10.4. The van der Waals surface area contributed by atoms with E-state index in [1.165, 1.54) is 5.57 Å². The summed E-state index contributed by atoms with van der Waals surface area (Å²) in [5.41, 5.74) is -1.08. The maximum absolute atomic E-state index is 12.1. The Morgan fingerprint density at radius 3 is 2.41 bits per heavy atom. The molecule has 1 saturated carbocycles. The molecule has 3 aliphatic heterocycles. The highest BCUT2D eigenvalue weighted by Crippen LogP contribution is 2.72. The first-order valence-electron chi connectivity index (χ1n) is 13.0.